The molecule has 0 unspecified atom stereocenters. The van der Waals surface area contributed by atoms with Gasteiger partial charge < -0.3 is 14.6 Å². The Hall–Kier alpha value is -1.29. The average Bonchev–Trinajstić information content (AvgIpc) is 3.07. The Labute approximate surface area is 121 Å². The molecule has 1 aliphatic rings. The lowest BCUT2D eigenvalue weighted by atomic mass is 9.93. The van der Waals surface area contributed by atoms with E-state index < -0.39 is 0 Å². The Morgan fingerprint density at radius 2 is 2.15 bits per heavy atom. The number of rotatable bonds is 7. The van der Waals surface area contributed by atoms with Crippen LogP contribution in [0.4, 0.5) is 0 Å². The highest BCUT2D eigenvalue weighted by atomic mass is 16.5. The van der Waals surface area contributed by atoms with Crippen molar-refractivity contribution in [1.82, 2.24) is 9.88 Å². The number of carbonyl (C=O) groups is 1. The summed E-state index contributed by atoms with van der Waals surface area (Å²) in [5.41, 5.74) is 0. The number of hydrogen-bond donors (Lipinski definition) is 1. The molecule has 1 fully saturated rings. The third-order valence-electron chi connectivity index (χ3n) is 3.97. The van der Waals surface area contributed by atoms with Crippen LogP contribution in [-0.4, -0.2) is 29.7 Å². The van der Waals surface area contributed by atoms with Gasteiger partial charge in [0.25, 0.3) is 0 Å². The number of carbonyl (C=O) groups excluding carboxylic acids is 1. The van der Waals surface area contributed by atoms with E-state index in [1.54, 1.807) is 0 Å². The number of ether oxygens (including phenoxy) is 1. The van der Waals surface area contributed by atoms with Crippen LogP contribution in [0.15, 0.2) is 24.5 Å². The van der Waals surface area contributed by atoms with E-state index in [1.807, 2.05) is 24.5 Å². The monoisotopic (exact) mass is 278 g/mol. The Balaban J connectivity index is 1.62. The maximum atomic E-state index is 11.8. The van der Waals surface area contributed by atoms with Gasteiger partial charge in [-0.3, -0.25) is 4.79 Å². The maximum absolute atomic E-state index is 11.8. The van der Waals surface area contributed by atoms with Crippen molar-refractivity contribution in [3.8, 4) is 0 Å². The van der Waals surface area contributed by atoms with E-state index in [4.69, 9.17) is 4.74 Å². The van der Waals surface area contributed by atoms with Crippen molar-refractivity contribution in [3.63, 3.8) is 0 Å². The minimum Gasteiger partial charge on any atom is -0.378 e. The number of nitrogens with zero attached hydrogens (tertiary/aromatic N) is 1. The van der Waals surface area contributed by atoms with E-state index in [1.165, 1.54) is 0 Å². The smallest absolute Gasteiger partial charge is 0.220 e. The molecule has 1 saturated heterocycles. The highest BCUT2D eigenvalue weighted by Crippen LogP contribution is 2.26. The van der Waals surface area contributed by atoms with E-state index in [0.29, 0.717) is 24.4 Å². The fraction of sp³-hybridized carbons (Fsp3) is 0.688. The molecule has 1 aliphatic heterocycles. The van der Waals surface area contributed by atoms with Gasteiger partial charge in [-0.1, -0.05) is 13.8 Å². The van der Waals surface area contributed by atoms with Crippen molar-refractivity contribution < 1.29 is 9.53 Å². The maximum Gasteiger partial charge on any atom is 0.220 e. The molecular formula is C16H26N2O2. The van der Waals surface area contributed by atoms with Crippen LogP contribution in [0.3, 0.4) is 0 Å². The van der Waals surface area contributed by atoms with E-state index in [-0.39, 0.29) is 5.91 Å². The standard InChI is InChI=1S/C16H26N2O2/c1-13(2)16-14(7-11-20-16)12-17-15(19)6-5-10-18-8-3-4-9-18/h3-4,8-9,13-14,16H,5-7,10-12H2,1-2H3,(H,17,19)/t14-,16-/m1/s1. The molecule has 112 valence electrons. The molecule has 2 heterocycles. The van der Waals surface area contributed by atoms with Crippen LogP contribution in [0.25, 0.3) is 0 Å². The Kier molecular flexibility index (Phi) is 5.65. The van der Waals surface area contributed by atoms with Gasteiger partial charge >= 0.3 is 0 Å². The number of amides is 1. The molecular weight excluding hydrogens is 252 g/mol. The minimum atomic E-state index is 0.159. The molecule has 0 aromatic carbocycles. The van der Waals surface area contributed by atoms with Gasteiger partial charge in [0.15, 0.2) is 0 Å². The van der Waals surface area contributed by atoms with Crippen molar-refractivity contribution in [1.29, 1.82) is 0 Å². The van der Waals surface area contributed by atoms with Crippen LogP contribution in [0, 0.1) is 11.8 Å². The Bertz CT molecular complexity index is 401. The second-order valence-electron chi connectivity index (χ2n) is 5.96. The number of hydrogen-bond acceptors (Lipinski definition) is 2. The molecule has 4 nitrogen and oxygen atoms in total. The molecule has 1 amide bonds. The van der Waals surface area contributed by atoms with Crippen LogP contribution < -0.4 is 5.32 Å². The topological polar surface area (TPSA) is 43.3 Å². The van der Waals surface area contributed by atoms with Gasteiger partial charge in [-0.15, -0.1) is 0 Å². The zero-order valence-corrected chi connectivity index (χ0v) is 12.5. The van der Waals surface area contributed by atoms with Crippen LogP contribution in [0.2, 0.25) is 0 Å². The van der Waals surface area contributed by atoms with E-state index in [9.17, 15) is 4.79 Å². The van der Waals surface area contributed by atoms with Gasteiger partial charge in [-0.2, -0.15) is 0 Å². The zero-order valence-electron chi connectivity index (χ0n) is 12.5. The average molecular weight is 278 g/mol. The lowest BCUT2D eigenvalue weighted by Crippen LogP contribution is -2.34. The second-order valence-corrected chi connectivity index (χ2v) is 5.96. The van der Waals surface area contributed by atoms with Crippen LogP contribution >= 0.6 is 0 Å². The third-order valence-corrected chi connectivity index (χ3v) is 3.97. The fourth-order valence-electron chi connectivity index (χ4n) is 2.89. The first-order valence-electron chi connectivity index (χ1n) is 7.66. The van der Waals surface area contributed by atoms with E-state index >= 15 is 0 Å². The number of aryl methyl sites for hydroxylation is 1. The largest absolute Gasteiger partial charge is 0.378 e. The molecule has 1 aromatic rings. The molecule has 2 atom stereocenters. The molecule has 0 aliphatic carbocycles. The van der Waals surface area contributed by atoms with Crippen LogP contribution in [0.5, 0.6) is 0 Å². The highest BCUT2D eigenvalue weighted by molar-refractivity contribution is 5.75. The second kappa shape index (κ2) is 7.48. The molecule has 2 rings (SSSR count). The summed E-state index contributed by atoms with van der Waals surface area (Å²) in [4.78, 5) is 11.8. The fourth-order valence-corrected chi connectivity index (χ4v) is 2.89. The molecule has 0 saturated carbocycles. The first-order valence-corrected chi connectivity index (χ1v) is 7.66. The summed E-state index contributed by atoms with van der Waals surface area (Å²) < 4.78 is 7.84. The van der Waals surface area contributed by atoms with Gasteiger partial charge in [0.1, 0.15) is 0 Å². The Morgan fingerprint density at radius 3 is 2.85 bits per heavy atom. The summed E-state index contributed by atoms with van der Waals surface area (Å²) in [5.74, 6) is 1.16. The van der Waals surface area contributed by atoms with Gasteiger partial charge in [-0.05, 0) is 30.9 Å². The van der Waals surface area contributed by atoms with Crippen LogP contribution in [0.1, 0.15) is 33.1 Å². The summed E-state index contributed by atoms with van der Waals surface area (Å²) >= 11 is 0. The predicted octanol–water partition coefficient (Wildman–Crippen LogP) is 2.45. The molecule has 0 bridgehead atoms. The van der Waals surface area contributed by atoms with Gasteiger partial charge in [0, 0.05) is 44.4 Å². The molecule has 1 N–H and O–H groups in total. The van der Waals surface area contributed by atoms with Gasteiger partial charge in [0.05, 0.1) is 6.10 Å². The number of aromatic nitrogens is 1. The first kappa shape index (κ1) is 15.1. The summed E-state index contributed by atoms with van der Waals surface area (Å²) in [5, 5.41) is 3.06. The molecule has 0 radical (unpaired) electrons. The Morgan fingerprint density at radius 1 is 1.40 bits per heavy atom. The summed E-state index contributed by atoms with van der Waals surface area (Å²) in [6.45, 7) is 6.85. The SMILES string of the molecule is CC(C)[C@H]1OCC[C@@H]1CNC(=O)CCCn1cccc1. The lowest BCUT2D eigenvalue weighted by molar-refractivity contribution is -0.121. The zero-order chi connectivity index (χ0) is 14.4. The van der Waals surface area contributed by atoms with E-state index in [0.717, 1.165) is 32.5 Å². The van der Waals surface area contributed by atoms with Crippen molar-refractivity contribution >= 4 is 5.91 Å². The lowest BCUT2D eigenvalue weighted by Gasteiger charge is -2.22. The molecule has 0 spiro atoms. The van der Waals surface area contributed by atoms with Crippen molar-refractivity contribution in [2.45, 2.75) is 45.8 Å². The quantitative estimate of drug-likeness (QED) is 0.832. The third kappa shape index (κ3) is 4.37. The van der Waals surface area contributed by atoms with Crippen molar-refractivity contribution in [3.05, 3.63) is 24.5 Å². The normalized spacial score (nSPS) is 22.4. The van der Waals surface area contributed by atoms with Gasteiger partial charge in [0.2, 0.25) is 5.91 Å². The molecule has 1 aromatic heterocycles. The number of nitrogens with one attached hydrogen (secondary N) is 1. The highest BCUT2D eigenvalue weighted by Gasteiger charge is 2.30. The first-order chi connectivity index (χ1) is 9.66. The predicted molar refractivity (Wildman–Crippen MR) is 79.4 cm³/mol. The van der Waals surface area contributed by atoms with Crippen LogP contribution in [-0.2, 0) is 16.1 Å². The molecule has 20 heavy (non-hydrogen) atoms. The van der Waals surface area contributed by atoms with Crippen molar-refractivity contribution in [2.75, 3.05) is 13.2 Å². The van der Waals surface area contributed by atoms with E-state index in [2.05, 4.69) is 23.7 Å². The minimum absolute atomic E-state index is 0.159. The summed E-state index contributed by atoms with van der Waals surface area (Å²) in [6.07, 6.45) is 6.90. The molecule has 4 heteroatoms. The summed E-state index contributed by atoms with van der Waals surface area (Å²) in [7, 11) is 0. The van der Waals surface area contributed by atoms with Gasteiger partial charge in [-0.25, -0.2) is 0 Å². The van der Waals surface area contributed by atoms with Crippen molar-refractivity contribution in [2.24, 2.45) is 11.8 Å². The summed E-state index contributed by atoms with van der Waals surface area (Å²) in [6, 6.07) is 4.01.